The highest BCUT2D eigenvalue weighted by atomic mass is 19.1. The summed E-state index contributed by atoms with van der Waals surface area (Å²) in [5, 5.41) is 31.5. The number of aryl methyl sites for hydroxylation is 1. The van der Waals surface area contributed by atoms with Gasteiger partial charge in [-0.25, -0.2) is 14.2 Å². The van der Waals surface area contributed by atoms with Crippen LogP contribution in [-0.4, -0.2) is 78.2 Å². The lowest BCUT2D eigenvalue weighted by atomic mass is 9.85. The maximum atomic E-state index is 15.1. The average Bonchev–Trinajstić information content (AvgIpc) is 3.18. The Balaban J connectivity index is 1.45. The molecular weight excluding hydrogens is 719 g/mol. The second kappa shape index (κ2) is 18.4. The van der Waals surface area contributed by atoms with Crippen molar-refractivity contribution in [3.63, 3.8) is 0 Å². The summed E-state index contributed by atoms with van der Waals surface area (Å²) in [6.45, 7) is 7.19. The molecule has 298 valence electrons. The molecule has 1 aliphatic heterocycles. The van der Waals surface area contributed by atoms with E-state index < -0.39 is 65.4 Å². The van der Waals surface area contributed by atoms with E-state index in [1.54, 1.807) is 64.4 Å². The number of nitrogens with zero attached hydrogens (tertiary/aromatic N) is 1. The number of methoxy groups -OCH3 is 2. The molecule has 0 saturated carbocycles. The van der Waals surface area contributed by atoms with E-state index in [-0.39, 0.29) is 31.4 Å². The number of alkyl carbamates (subject to hydrolysis) is 1. The molecule has 3 amide bonds. The van der Waals surface area contributed by atoms with Crippen LogP contribution in [-0.2, 0) is 27.2 Å². The first-order valence-electron chi connectivity index (χ1n) is 18.5. The maximum absolute atomic E-state index is 15.1. The molecule has 0 aliphatic carbocycles. The number of benzene rings is 3. The van der Waals surface area contributed by atoms with Gasteiger partial charge in [0, 0.05) is 29.3 Å². The molecule has 0 unspecified atom stereocenters. The summed E-state index contributed by atoms with van der Waals surface area (Å²) in [5.41, 5.74) is 3.53. The van der Waals surface area contributed by atoms with Gasteiger partial charge in [0.2, 0.25) is 17.7 Å². The topological polar surface area (TPSA) is 168 Å². The van der Waals surface area contributed by atoms with Crippen molar-refractivity contribution >= 4 is 17.9 Å². The molecule has 13 heteroatoms. The molecule has 5 N–H and O–H groups in total. The molecule has 5 rings (SSSR count). The molecule has 56 heavy (non-hydrogen) atoms. The summed E-state index contributed by atoms with van der Waals surface area (Å²) in [4.78, 5) is 44.8. The van der Waals surface area contributed by atoms with Gasteiger partial charge in [0.05, 0.1) is 32.4 Å². The van der Waals surface area contributed by atoms with Gasteiger partial charge in [-0.3, -0.25) is 9.59 Å². The molecule has 0 radical (unpaired) electrons. The Bertz CT molecular complexity index is 1970. The molecule has 0 fully saturated rings. The van der Waals surface area contributed by atoms with Gasteiger partial charge in [-0.2, -0.15) is 0 Å². The van der Waals surface area contributed by atoms with Crippen molar-refractivity contribution in [2.45, 2.75) is 77.3 Å². The van der Waals surface area contributed by atoms with Crippen LogP contribution in [0, 0.1) is 24.1 Å². The maximum Gasteiger partial charge on any atom is 0.407 e. The van der Waals surface area contributed by atoms with Crippen molar-refractivity contribution in [1.29, 1.82) is 0 Å². The largest absolute Gasteiger partial charge is 0.490 e. The quantitative estimate of drug-likeness (QED) is 0.115. The fourth-order valence-corrected chi connectivity index (χ4v) is 6.79. The van der Waals surface area contributed by atoms with Crippen LogP contribution in [0.3, 0.4) is 0 Å². The number of hydrogen-bond donors (Lipinski definition) is 5. The number of nitrogens with one attached hydrogen (secondary N) is 3. The fraction of sp³-hybridized carbons (Fsp3) is 0.395. The Kier molecular flexibility index (Phi) is 13.7. The molecule has 1 aromatic heterocycles. The van der Waals surface area contributed by atoms with Crippen molar-refractivity contribution in [3.05, 3.63) is 113 Å². The van der Waals surface area contributed by atoms with Crippen molar-refractivity contribution in [3.8, 4) is 22.8 Å². The molecular formula is C43H51FN4O8. The summed E-state index contributed by atoms with van der Waals surface area (Å²) >= 11 is 0. The minimum absolute atomic E-state index is 0.0436. The molecule has 3 aromatic carbocycles. The zero-order valence-electron chi connectivity index (χ0n) is 32.5. The molecule has 1 aliphatic rings. The number of carbonyl (C=O) groups excluding carboxylic acids is 3. The van der Waals surface area contributed by atoms with Gasteiger partial charge in [0.25, 0.3) is 0 Å². The van der Waals surface area contributed by atoms with Crippen molar-refractivity contribution in [2.24, 2.45) is 11.3 Å². The van der Waals surface area contributed by atoms with Crippen LogP contribution in [0.25, 0.3) is 11.1 Å². The highest BCUT2D eigenvalue weighted by Gasteiger charge is 2.38. The van der Waals surface area contributed by atoms with Crippen LogP contribution in [0.5, 0.6) is 11.6 Å². The van der Waals surface area contributed by atoms with Gasteiger partial charge >= 0.3 is 6.09 Å². The first-order valence-corrected chi connectivity index (χ1v) is 18.5. The number of carbonyl (C=O) groups is 3. The standard InChI is InChI=1S/C43H51FN4O8/c1-25-11-17-36-31(19-25)38(35(50)24-56-36)47-40(51)30(21-28-9-7-8-10-32(28)44)22-34(49)33(46-41(52)39(43(2,3)4)48-42(53)55-6)20-26-12-14-27(15-13-26)29-16-18-37(54-5)45-23-29/h7-19,23,30,33-35,38-39,49-50H,20-22,24H2,1-6H3,(H,46,52)(H,47,51)(H,48,53)/t30-,33+,34+,35-,38+,39-/m1/s1. The molecule has 0 saturated heterocycles. The number of amides is 3. The lowest BCUT2D eigenvalue weighted by Crippen LogP contribution is -2.57. The Morgan fingerprint density at radius 3 is 2.30 bits per heavy atom. The van der Waals surface area contributed by atoms with Crippen LogP contribution in [0.4, 0.5) is 9.18 Å². The Hall–Kier alpha value is -5.53. The lowest BCUT2D eigenvalue weighted by molar-refractivity contribution is -0.128. The third kappa shape index (κ3) is 10.6. The van der Waals surface area contributed by atoms with Gasteiger partial charge in [-0.15, -0.1) is 0 Å². The van der Waals surface area contributed by atoms with Gasteiger partial charge < -0.3 is 40.4 Å². The highest BCUT2D eigenvalue weighted by Crippen LogP contribution is 2.34. The van der Waals surface area contributed by atoms with E-state index in [1.807, 2.05) is 49.4 Å². The smallest absolute Gasteiger partial charge is 0.407 e. The average molecular weight is 771 g/mol. The third-order valence-electron chi connectivity index (χ3n) is 9.97. The Morgan fingerprint density at radius 2 is 1.66 bits per heavy atom. The number of aliphatic hydroxyl groups is 2. The van der Waals surface area contributed by atoms with Crippen molar-refractivity contribution in [2.75, 3.05) is 20.8 Å². The number of ether oxygens (including phenoxy) is 3. The highest BCUT2D eigenvalue weighted by molar-refractivity contribution is 5.86. The monoisotopic (exact) mass is 770 g/mol. The van der Waals surface area contributed by atoms with Crippen LogP contribution >= 0.6 is 0 Å². The Labute approximate surface area is 326 Å². The van der Waals surface area contributed by atoms with E-state index >= 15 is 4.39 Å². The van der Waals surface area contributed by atoms with Crippen molar-refractivity contribution in [1.82, 2.24) is 20.9 Å². The van der Waals surface area contributed by atoms with Gasteiger partial charge in [0.15, 0.2) is 0 Å². The molecule has 4 aromatic rings. The predicted octanol–water partition coefficient (Wildman–Crippen LogP) is 5.22. The Morgan fingerprint density at radius 1 is 0.946 bits per heavy atom. The minimum atomic E-state index is -1.33. The van der Waals surface area contributed by atoms with E-state index in [4.69, 9.17) is 14.2 Å². The predicted molar refractivity (Wildman–Crippen MR) is 208 cm³/mol. The van der Waals surface area contributed by atoms with E-state index in [9.17, 15) is 24.6 Å². The van der Waals surface area contributed by atoms with E-state index in [2.05, 4.69) is 20.9 Å². The summed E-state index contributed by atoms with van der Waals surface area (Å²) in [7, 11) is 2.74. The summed E-state index contributed by atoms with van der Waals surface area (Å²) < 4.78 is 30.8. The number of halogens is 1. The first-order chi connectivity index (χ1) is 26.7. The fourth-order valence-electron chi connectivity index (χ4n) is 6.79. The number of hydrogen-bond acceptors (Lipinski definition) is 9. The van der Waals surface area contributed by atoms with Crippen molar-refractivity contribution < 1.29 is 43.2 Å². The summed E-state index contributed by atoms with van der Waals surface area (Å²) in [6.07, 6.45) is -1.62. The van der Waals surface area contributed by atoms with Gasteiger partial charge in [-0.05, 0) is 66.5 Å². The van der Waals surface area contributed by atoms with E-state index in [1.165, 1.54) is 13.2 Å². The second-order valence-electron chi connectivity index (χ2n) is 15.2. The normalized spacial score (nSPS) is 17.2. The lowest BCUT2D eigenvalue weighted by Gasteiger charge is -2.34. The van der Waals surface area contributed by atoms with E-state index in [0.29, 0.717) is 17.2 Å². The number of aliphatic hydroxyl groups excluding tert-OH is 2. The SMILES string of the molecule is COC(=O)N[C@H](C(=O)N[C@@H](Cc1ccc(-c2ccc(OC)nc2)cc1)[C@@H](O)C[C@@H](Cc1ccccc1F)C(=O)N[C@H]1c2cc(C)ccc2OC[C@H]1O)C(C)(C)C. The summed E-state index contributed by atoms with van der Waals surface area (Å²) in [6, 6.07) is 19.9. The molecule has 12 nitrogen and oxygen atoms in total. The minimum Gasteiger partial charge on any atom is -0.490 e. The zero-order chi connectivity index (χ0) is 40.6. The third-order valence-corrected chi connectivity index (χ3v) is 9.97. The van der Waals surface area contributed by atoms with Crippen LogP contribution in [0.15, 0.2) is 85.1 Å². The molecule has 0 spiro atoms. The summed E-state index contributed by atoms with van der Waals surface area (Å²) in [5.74, 6) is -1.58. The van der Waals surface area contributed by atoms with E-state index in [0.717, 1.165) is 22.3 Å². The molecule has 2 heterocycles. The number of aromatic nitrogens is 1. The van der Waals surface area contributed by atoms with Gasteiger partial charge in [0.1, 0.15) is 30.3 Å². The van der Waals surface area contributed by atoms with Crippen LogP contribution in [0.2, 0.25) is 0 Å². The molecule has 6 atom stereocenters. The first kappa shape index (κ1) is 41.6. The van der Waals surface area contributed by atoms with Crippen LogP contribution < -0.4 is 25.4 Å². The van der Waals surface area contributed by atoms with Gasteiger partial charge in [-0.1, -0.05) is 80.9 Å². The zero-order valence-corrected chi connectivity index (χ0v) is 32.5. The number of pyridine rings is 1. The number of rotatable bonds is 14. The van der Waals surface area contributed by atoms with Crippen LogP contribution in [0.1, 0.15) is 55.5 Å². The second-order valence-corrected chi connectivity index (χ2v) is 15.2. The molecule has 0 bridgehead atoms. The number of fused-ring (bicyclic) bond motifs is 1.